The summed E-state index contributed by atoms with van der Waals surface area (Å²) in [6, 6.07) is 2.73. The van der Waals surface area contributed by atoms with Crippen LogP contribution in [-0.2, 0) is 4.79 Å². The summed E-state index contributed by atoms with van der Waals surface area (Å²) in [5, 5.41) is 15.6. The van der Waals surface area contributed by atoms with Crippen molar-refractivity contribution in [2.24, 2.45) is 0 Å². The molecule has 0 saturated heterocycles. The highest BCUT2D eigenvalue weighted by atomic mass is 35.5. The van der Waals surface area contributed by atoms with Gasteiger partial charge in [-0.05, 0) is 17.4 Å². The molecule has 2 amide bonds. The zero-order valence-electron chi connectivity index (χ0n) is 12.5. The lowest BCUT2D eigenvalue weighted by Crippen LogP contribution is -2.14. The number of methoxy groups -OCH3 is 1. The lowest BCUT2D eigenvalue weighted by Gasteiger charge is -2.12. The fourth-order valence-corrected chi connectivity index (χ4v) is 2.60. The van der Waals surface area contributed by atoms with Crippen LogP contribution < -0.4 is 15.4 Å². The van der Waals surface area contributed by atoms with Gasteiger partial charge in [-0.2, -0.15) is 0 Å². The average Bonchev–Trinajstić information content (AvgIpc) is 2.97. The molecule has 0 aliphatic heterocycles. The van der Waals surface area contributed by atoms with Crippen molar-refractivity contribution < 1.29 is 19.2 Å². The number of rotatable bonds is 5. The van der Waals surface area contributed by atoms with E-state index in [2.05, 4.69) is 15.6 Å². The van der Waals surface area contributed by atoms with E-state index in [0.29, 0.717) is 5.69 Å². The van der Waals surface area contributed by atoms with Crippen LogP contribution in [0.15, 0.2) is 18.3 Å². The number of nitrogens with one attached hydrogen (secondary N) is 2. The number of thiazole rings is 1. The molecule has 1 aromatic carbocycles. The van der Waals surface area contributed by atoms with E-state index < -0.39 is 10.8 Å². The third kappa shape index (κ3) is 3.97. The van der Waals surface area contributed by atoms with Crippen molar-refractivity contribution >= 4 is 50.6 Å². The van der Waals surface area contributed by atoms with Gasteiger partial charge in [-0.1, -0.05) is 11.6 Å². The predicted octanol–water partition coefficient (Wildman–Crippen LogP) is 2.92. The highest BCUT2D eigenvalue weighted by Crippen LogP contribution is 2.32. The normalized spacial score (nSPS) is 10.1. The summed E-state index contributed by atoms with van der Waals surface area (Å²) >= 11 is 6.76. The molecule has 0 aliphatic rings. The van der Waals surface area contributed by atoms with Gasteiger partial charge in [-0.15, -0.1) is 0 Å². The van der Waals surface area contributed by atoms with E-state index in [0.717, 1.165) is 17.5 Å². The number of ether oxygens (including phenoxy) is 1. The lowest BCUT2D eigenvalue weighted by molar-refractivity contribution is -0.380. The van der Waals surface area contributed by atoms with E-state index in [9.17, 15) is 19.7 Å². The van der Waals surface area contributed by atoms with E-state index in [4.69, 9.17) is 16.3 Å². The quantitative estimate of drug-likeness (QED) is 0.616. The second-order valence-electron chi connectivity index (χ2n) is 4.43. The van der Waals surface area contributed by atoms with Crippen LogP contribution in [0.4, 0.5) is 15.8 Å². The summed E-state index contributed by atoms with van der Waals surface area (Å²) in [6.45, 7) is 1.32. The molecule has 0 radical (unpaired) electrons. The molecule has 0 saturated carbocycles. The summed E-state index contributed by atoms with van der Waals surface area (Å²) in [7, 11) is 1.35. The van der Waals surface area contributed by atoms with Gasteiger partial charge in [-0.3, -0.25) is 25.0 Å². The molecule has 11 heteroatoms. The van der Waals surface area contributed by atoms with Crippen molar-refractivity contribution in [3.8, 4) is 5.75 Å². The van der Waals surface area contributed by atoms with E-state index in [-0.39, 0.29) is 32.4 Å². The largest absolute Gasteiger partial charge is 0.496 e. The number of anilines is 2. The monoisotopic (exact) mass is 370 g/mol. The first kappa shape index (κ1) is 17.6. The molecule has 1 aromatic heterocycles. The highest BCUT2D eigenvalue weighted by Gasteiger charge is 2.19. The molecule has 0 aliphatic carbocycles. The molecule has 2 rings (SSSR count). The number of nitro groups is 1. The Morgan fingerprint density at radius 3 is 2.62 bits per heavy atom. The van der Waals surface area contributed by atoms with Crippen LogP contribution in [0.2, 0.25) is 5.02 Å². The standard InChI is InChI=1S/C13H11ClN4O5S/c1-6(19)16-9-4-10(23-2)7(3-8(9)14)12(20)17-13-15-5-11(24-13)18(21)22/h3-5H,1-2H3,(H,16,19)(H,15,17,20). The first-order valence-electron chi connectivity index (χ1n) is 6.38. The predicted molar refractivity (Wildman–Crippen MR) is 89.0 cm³/mol. The van der Waals surface area contributed by atoms with Gasteiger partial charge in [0.15, 0.2) is 5.13 Å². The van der Waals surface area contributed by atoms with Crippen LogP contribution in [0.25, 0.3) is 0 Å². The molecular weight excluding hydrogens is 360 g/mol. The van der Waals surface area contributed by atoms with Gasteiger partial charge in [0.2, 0.25) is 5.91 Å². The summed E-state index contributed by atoms with van der Waals surface area (Å²) in [5.74, 6) is -0.759. The lowest BCUT2D eigenvalue weighted by atomic mass is 10.1. The fraction of sp³-hybridized carbons (Fsp3) is 0.154. The molecule has 126 valence electrons. The SMILES string of the molecule is COc1cc(NC(C)=O)c(Cl)cc1C(=O)Nc1ncc([N+](=O)[O-])s1. The molecule has 1 heterocycles. The van der Waals surface area contributed by atoms with E-state index in [1.807, 2.05) is 0 Å². The molecule has 0 bridgehead atoms. The molecule has 0 atom stereocenters. The van der Waals surface area contributed by atoms with E-state index in [1.54, 1.807) is 0 Å². The molecule has 24 heavy (non-hydrogen) atoms. The van der Waals surface area contributed by atoms with Crippen LogP contribution >= 0.6 is 22.9 Å². The van der Waals surface area contributed by atoms with Gasteiger partial charge in [0.25, 0.3) is 5.91 Å². The minimum Gasteiger partial charge on any atom is -0.496 e. The van der Waals surface area contributed by atoms with Crippen LogP contribution in [0.1, 0.15) is 17.3 Å². The maximum Gasteiger partial charge on any atom is 0.345 e. The molecule has 2 N–H and O–H groups in total. The van der Waals surface area contributed by atoms with Gasteiger partial charge < -0.3 is 10.1 Å². The molecule has 9 nitrogen and oxygen atoms in total. The second kappa shape index (κ2) is 7.23. The summed E-state index contributed by atoms with van der Waals surface area (Å²) in [4.78, 5) is 37.2. The number of carbonyl (C=O) groups excluding carboxylic acids is 2. The van der Waals surface area contributed by atoms with Gasteiger partial charge >= 0.3 is 5.00 Å². The zero-order chi connectivity index (χ0) is 17.9. The summed E-state index contributed by atoms with van der Waals surface area (Å²) in [5.41, 5.74) is 0.386. The Bertz CT molecular complexity index is 823. The van der Waals surface area contributed by atoms with Crippen molar-refractivity contribution in [2.45, 2.75) is 6.92 Å². The zero-order valence-corrected chi connectivity index (χ0v) is 14.0. The number of hydrogen-bond acceptors (Lipinski definition) is 7. The Kier molecular flexibility index (Phi) is 5.31. The number of benzene rings is 1. The van der Waals surface area contributed by atoms with Gasteiger partial charge in [0.05, 0.1) is 28.3 Å². The van der Waals surface area contributed by atoms with Crippen molar-refractivity contribution in [1.29, 1.82) is 0 Å². The summed E-state index contributed by atoms with van der Waals surface area (Å²) in [6.07, 6.45) is 1.05. The molecule has 0 unspecified atom stereocenters. The molecule has 0 fully saturated rings. The van der Waals surface area contributed by atoms with Gasteiger partial charge in [0, 0.05) is 13.0 Å². The molecule has 0 spiro atoms. The fourth-order valence-electron chi connectivity index (χ4n) is 1.76. The smallest absolute Gasteiger partial charge is 0.345 e. The van der Waals surface area contributed by atoms with Gasteiger partial charge in [0.1, 0.15) is 11.9 Å². The number of nitrogens with zero attached hydrogens (tertiary/aromatic N) is 2. The van der Waals surface area contributed by atoms with E-state index >= 15 is 0 Å². The number of hydrogen-bond donors (Lipinski definition) is 2. The van der Waals surface area contributed by atoms with Crippen LogP contribution in [0.3, 0.4) is 0 Å². The third-order valence-corrected chi connectivity index (χ3v) is 3.92. The number of halogens is 1. The average molecular weight is 371 g/mol. The Hall–Kier alpha value is -2.72. The maximum atomic E-state index is 12.3. The molecule has 2 aromatic rings. The second-order valence-corrected chi connectivity index (χ2v) is 5.84. The Labute approximate surface area is 144 Å². The first-order valence-corrected chi connectivity index (χ1v) is 7.58. The number of carbonyl (C=O) groups is 2. The highest BCUT2D eigenvalue weighted by molar-refractivity contribution is 7.18. The van der Waals surface area contributed by atoms with E-state index in [1.165, 1.54) is 26.2 Å². The van der Waals surface area contributed by atoms with Crippen molar-refractivity contribution in [1.82, 2.24) is 4.98 Å². The number of amides is 2. The van der Waals surface area contributed by atoms with Crippen LogP contribution in [0.5, 0.6) is 5.75 Å². The minimum atomic E-state index is -0.604. The number of aromatic nitrogens is 1. The van der Waals surface area contributed by atoms with Crippen LogP contribution in [0, 0.1) is 10.1 Å². The van der Waals surface area contributed by atoms with Crippen molar-refractivity contribution in [3.63, 3.8) is 0 Å². The maximum absolute atomic E-state index is 12.3. The Morgan fingerprint density at radius 1 is 1.38 bits per heavy atom. The molecular formula is C13H11ClN4O5S. The van der Waals surface area contributed by atoms with Gasteiger partial charge in [-0.25, -0.2) is 4.98 Å². The minimum absolute atomic E-state index is 0.0656. The van der Waals surface area contributed by atoms with Crippen molar-refractivity contribution in [2.75, 3.05) is 17.7 Å². The summed E-state index contributed by atoms with van der Waals surface area (Å²) < 4.78 is 5.13. The van der Waals surface area contributed by atoms with Crippen LogP contribution in [-0.4, -0.2) is 28.8 Å². The Balaban J connectivity index is 2.29. The van der Waals surface area contributed by atoms with Crippen molar-refractivity contribution in [3.05, 3.63) is 39.0 Å². The first-order chi connectivity index (χ1) is 11.3. The Morgan fingerprint density at radius 2 is 2.08 bits per heavy atom. The topological polar surface area (TPSA) is 123 Å². The third-order valence-electron chi connectivity index (χ3n) is 2.74.